The zero-order valence-electron chi connectivity index (χ0n) is 15.8. The molecule has 9 nitrogen and oxygen atoms in total. The van der Waals surface area contributed by atoms with Crippen molar-refractivity contribution in [1.29, 1.82) is 0 Å². The Balaban J connectivity index is 1.89. The minimum Gasteiger partial charge on any atom is -0.326 e. The molecule has 29 heavy (non-hydrogen) atoms. The van der Waals surface area contributed by atoms with Crippen molar-refractivity contribution in [1.82, 2.24) is 9.44 Å². The number of hydrogen-bond acceptors (Lipinski definition) is 6. The zero-order valence-corrected chi connectivity index (χ0v) is 17.4. The highest BCUT2D eigenvalue weighted by Gasteiger charge is 2.16. The Morgan fingerprint density at radius 1 is 0.828 bits per heavy atom. The second-order valence-corrected chi connectivity index (χ2v) is 9.64. The van der Waals surface area contributed by atoms with E-state index in [0.717, 1.165) is 12.5 Å². The van der Waals surface area contributed by atoms with Crippen molar-refractivity contribution < 1.29 is 26.4 Å². The van der Waals surface area contributed by atoms with Gasteiger partial charge in [-0.05, 0) is 43.3 Å². The van der Waals surface area contributed by atoms with Gasteiger partial charge in [0, 0.05) is 25.6 Å². The predicted molar refractivity (Wildman–Crippen MR) is 107 cm³/mol. The Morgan fingerprint density at radius 3 is 1.90 bits per heavy atom. The molecule has 3 N–H and O–H groups in total. The summed E-state index contributed by atoms with van der Waals surface area (Å²) in [5.74, 6) is -1.16. The van der Waals surface area contributed by atoms with Gasteiger partial charge in [-0.2, -0.15) is 0 Å². The van der Waals surface area contributed by atoms with Crippen molar-refractivity contribution in [2.24, 2.45) is 0 Å². The first-order chi connectivity index (χ1) is 13.5. The van der Waals surface area contributed by atoms with Crippen LogP contribution < -0.4 is 14.8 Å². The van der Waals surface area contributed by atoms with E-state index < -0.39 is 31.9 Å². The summed E-state index contributed by atoms with van der Waals surface area (Å²) in [5.41, 5.74) is 1.26. The SMILES string of the molecule is CC(=O)NS(=O)(=O)c1ccc(NC(=O)CCNS(=O)(=O)c2ccc(C)cc2)cc1. The summed E-state index contributed by atoms with van der Waals surface area (Å²) in [6, 6.07) is 11.5. The van der Waals surface area contributed by atoms with Crippen LogP contribution in [0.1, 0.15) is 18.9 Å². The van der Waals surface area contributed by atoms with Gasteiger partial charge in [0.2, 0.25) is 21.8 Å². The third-order valence-electron chi connectivity index (χ3n) is 3.70. The number of amides is 2. The summed E-state index contributed by atoms with van der Waals surface area (Å²) in [6.45, 7) is 2.83. The van der Waals surface area contributed by atoms with Gasteiger partial charge >= 0.3 is 0 Å². The molecule has 0 saturated heterocycles. The van der Waals surface area contributed by atoms with Gasteiger partial charge in [-0.15, -0.1) is 0 Å². The number of carbonyl (C=O) groups excluding carboxylic acids is 2. The molecule has 0 fully saturated rings. The summed E-state index contributed by atoms with van der Waals surface area (Å²) in [6.07, 6.45) is -0.114. The van der Waals surface area contributed by atoms with E-state index in [2.05, 4.69) is 10.0 Å². The van der Waals surface area contributed by atoms with E-state index in [-0.39, 0.29) is 22.8 Å². The summed E-state index contributed by atoms with van der Waals surface area (Å²) < 4.78 is 52.2. The molecule has 2 aromatic carbocycles. The van der Waals surface area contributed by atoms with Crippen LogP contribution in [0.2, 0.25) is 0 Å². The van der Waals surface area contributed by atoms with Crippen LogP contribution in [0.4, 0.5) is 5.69 Å². The molecule has 11 heteroatoms. The fraction of sp³-hybridized carbons (Fsp3) is 0.222. The molecule has 0 unspecified atom stereocenters. The van der Waals surface area contributed by atoms with Gasteiger partial charge in [0.05, 0.1) is 9.79 Å². The predicted octanol–water partition coefficient (Wildman–Crippen LogP) is 1.13. The number of nitrogens with one attached hydrogen (secondary N) is 3. The first-order valence-corrected chi connectivity index (χ1v) is 11.5. The van der Waals surface area contributed by atoms with Crippen molar-refractivity contribution >= 4 is 37.5 Å². The van der Waals surface area contributed by atoms with E-state index in [1.165, 1.54) is 36.4 Å². The normalized spacial score (nSPS) is 11.7. The fourth-order valence-corrected chi connectivity index (χ4v) is 4.31. The number of carbonyl (C=O) groups is 2. The molecule has 2 rings (SSSR count). The molecule has 0 heterocycles. The van der Waals surface area contributed by atoms with Gasteiger partial charge in [0.25, 0.3) is 10.0 Å². The Bertz CT molecular complexity index is 1090. The van der Waals surface area contributed by atoms with Gasteiger partial charge in [0.15, 0.2) is 0 Å². The molecule has 0 aliphatic carbocycles. The van der Waals surface area contributed by atoms with Crippen LogP contribution in [-0.4, -0.2) is 35.2 Å². The number of aryl methyl sites for hydroxylation is 1. The highest BCUT2D eigenvalue weighted by Crippen LogP contribution is 2.14. The van der Waals surface area contributed by atoms with Crippen LogP contribution in [0, 0.1) is 6.92 Å². The maximum atomic E-state index is 12.2. The Kier molecular flexibility index (Phi) is 7.11. The molecule has 0 atom stereocenters. The molecule has 0 aliphatic rings. The van der Waals surface area contributed by atoms with Crippen LogP contribution in [0.25, 0.3) is 0 Å². The number of benzene rings is 2. The quantitative estimate of drug-likeness (QED) is 0.563. The van der Waals surface area contributed by atoms with E-state index in [0.29, 0.717) is 5.69 Å². The lowest BCUT2D eigenvalue weighted by atomic mass is 10.2. The second-order valence-electron chi connectivity index (χ2n) is 6.20. The lowest BCUT2D eigenvalue weighted by molar-refractivity contribution is -0.117. The van der Waals surface area contributed by atoms with Crippen molar-refractivity contribution in [3.8, 4) is 0 Å². The van der Waals surface area contributed by atoms with Crippen LogP contribution >= 0.6 is 0 Å². The molecule has 0 bridgehead atoms. The Hall–Kier alpha value is -2.76. The first kappa shape index (κ1) is 22.5. The molecule has 0 aromatic heterocycles. The maximum Gasteiger partial charge on any atom is 0.264 e. The van der Waals surface area contributed by atoms with Crippen LogP contribution in [0.15, 0.2) is 58.3 Å². The molecular formula is C18H21N3O6S2. The van der Waals surface area contributed by atoms with Gasteiger partial charge in [-0.25, -0.2) is 26.3 Å². The minimum atomic E-state index is -3.95. The van der Waals surface area contributed by atoms with Crippen LogP contribution in [0.3, 0.4) is 0 Å². The molecule has 156 valence electrons. The molecule has 0 radical (unpaired) electrons. The van der Waals surface area contributed by atoms with Crippen LogP contribution in [0.5, 0.6) is 0 Å². The summed E-state index contributed by atoms with van der Waals surface area (Å²) >= 11 is 0. The van der Waals surface area contributed by atoms with Gasteiger partial charge in [0.1, 0.15) is 0 Å². The van der Waals surface area contributed by atoms with E-state index in [9.17, 15) is 26.4 Å². The number of sulfonamides is 2. The van der Waals surface area contributed by atoms with Gasteiger partial charge < -0.3 is 5.32 Å². The third-order valence-corrected chi connectivity index (χ3v) is 6.63. The lowest BCUT2D eigenvalue weighted by Crippen LogP contribution is -2.28. The van der Waals surface area contributed by atoms with E-state index >= 15 is 0 Å². The van der Waals surface area contributed by atoms with Crippen LogP contribution in [-0.2, 0) is 29.6 Å². The topological polar surface area (TPSA) is 139 Å². The Labute approximate surface area is 169 Å². The number of rotatable bonds is 8. The highest BCUT2D eigenvalue weighted by atomic mass is 32.2. The average Bonchev–Trinajstić information content (AvgIpc) is 2.61. The van der Waals surface area contributed by atoms with Crippen molar-refractivity contribution in [3.05, 3.63) is 54.1 Å². The average molecular weight is 440 g/mol. The van der Waals surface area contributed by atoms with Gasteiger partial charge in [-0.3, -0.25) is 9.59 Å². The minimum absolute atomic E-state index is 0.100. The standard InChI is InChI=1S/C18H21N3O6S2/c1-13-3-7-16(8-4-13)28(24,25)19-12-11-18(23)20-15-5-9-17(10-6-15)29(26,27)21-14(2)22/h3-10,19H,11-12H2,1-2H3,(H,20,23)(H,21,22). The van der Waals surface area contributed by atoms with Crippen molar-refractivity contribution in [3.63, 3.8) is 0 Å². The second kappa shape index (κ2) is 9.16. The largest absolute Gasteiger partial charge is 0.326 e. The maximum absolute atomic E-state index is 12.2. The fourth-order valence-electron chi connectivity index (χ4n) is 2.29. The number of anilines is 1. The monoisotopic (exact) mass is 439 g/mol. The summed E-state index contributed by atoms with van der Waals surface area (Å²) in [5, 5.41) is 2.54. The first-order valence-electron chi connectivity index (χ1n) is 8.49. The highest BCUT2D eigenvalue weighted by molar-refractivity contribution is 7.90. The molecule has 0 spiro atoms. The Morgan fingerprint density at radius 2 is 1.34 bits per heavy atom. The smallest absolute Gasteiger partial charge is 0.264 e. The molecule has 2 amide bonds. The van der Waals surface area contributed by atoms with E-state index in [4.69, 9.17) is 0 Å². The van der Waals surface area contributed by atoms with E-state index in [1.807, 2.05) is 11.6 Å². The molecular weight excluding hydrogens is 418 g/mol. The molecule has 2 aromatic rings. The summed E-state index contributed by atoms with van der Waals surface area (Å²) in [4.78, 5) is 22.9. The van der Waals surface area contributed by atoms with Crippen molar-refractivity contribution in [2.45, 2.75) is 30.1 Å². The number of hydrogen-bond donors (Lipinski definition) is 3. The van der Waals surface area contributed by atoms with E-state index in [1.54, 1.807) is 12.1 Å². The van der Waals surface area contributed by atoms with Gasteiger partial charge in [-0.1, -0.05) is 17.7 Å². The molecule has 0 aliphatic heterocycles. The zero-order chi connectivity index (χ0) is 21.7. The van der Waals surface area contributed by atoms with Crippen molar-refractivity contribution in [2.75, 3.05) is 11.9 Å². The lowest BCUT2D eigenvalue weighted by Gasteiger charge is -2.09. The third kappa shape index (κ3) is 6.66. The molecule has 0 saturated carbocycles. The summed E-state index contributed by atoms with van der Waals surface area (Å²) in [7, 11) is -7.66.